The second-order valence-corrected chi connectivity index (χ2v) is 7.03. The lowest BCUT2D eigenvalue weighted by Crippen LogP contribution is -2.41. The fourth-order valence-electron chi connectivity index (χ4n) is 2.43. The maximum Gasteiger partial charge on any atom is 0.494 e. The smallest absolute Gasteiger partial charge is 0.399 e. The topological polar surface area (TPSA) is 35.5 Å². The molecule has 1 aliphatic carbocycles. The van der Waals surface area contributed by atoms with Crippen LogP contribution in [0.3, 0.4) is 0 Å². The van der Waals surface area contributed by atoms with E-state index in [2.05, 4.69) is 19.1 Å². The Kier molecular flexibility index (Phi) is 4.32. The van der Waals surface area contributed by atoms with Crippen molar-refractivity contribution in [1.82, 2.24) is 0 Å². The Morgan fingerprint density at radius 1 is 1.24 bits per heavy atom. The van der Waals surface area contributed by atoms with Crippen LogP contribution in [0.2, 0.25) is 0 Å². The van der Waals surface area contributed by atoms with Crippen LogP contribution in [0.5, 0.6) is 0 Å². The molecule has 114 valence electrons. The third-order valence-electron chi connectivity index (χ3n) is 4.54. The standard InChI is InChI=1S/C17H25BO3/c1-12-8-7-9-14(13(2)19)11-15(10-12)18-20-16(3,4)17(5,6)21-18/h7,9-12H,8H2,1-6H3. The highest BCUT2D eigenvalue weighted by Gasteiger charge is 2.52. The van der Waals surface area contributed by atoms with Crippen molar-refractivity contribution < 1.29 is 14.1 Å². The maximum atomic E-state index is 11.7. The SMILES string of the molecule is CC(=O)C1=CC(B2OC(C)(C)C(C)(C)O2)=CC(C)CC=C1. The zero-order valence-electron chi connectivity index (χ0n) is 13.9. The van der Waals surface area contributed by atoms with E-state index in [0.717, 1.165) is 11.9 Å². The molecule has 0 amide bonds. The van der Waals surface area contributed by atoms with Crippen LogP contribution < -0.4 is 0 Å². The van der Waals surface area contributed by atoms with Gasteiger partial charge in [0.2, 0.25) is 0 Å². The highest BCUT2D eigenvalue weighted by atomic mass is 16.7. The predicted molar refractivity (Wildman–Crippen MR) is 85.9 cm³/mol. The Balaban J connectivity index is 2.36. The number of carbonyl (C=O) groups excluding carboxylic acids is 1. The zero-order valence-corrected chi connectivity index (χ0v) is 13.9. The molecule has 0 saturated carbocycles. The first kappa shape index (κ1) is 16.2. The molecule has 0 N–H and O–H groups in total. The van der Waals surface area contributed by atoms with E-state index < -0.39 is 7.12 Å². The Morgan fingerprint density at radius 2 is 1.81 bits per heavy atom. The van der Waals surface area contributed by atoms with Gasteiger partial charge in [0.05, 0.1) is 11.2 Å². The molecule has 1 unspecified atom stereocenters. The van der Waals surface area contributed by atoms with Gasteiger partial charge in [-0.3, -0.25) is 4.79 Å². The lowest BCUT2D eigenvalue weighted by molar-refractivity contribution is -0.113. The number of carbonyl (C=O) groups is 1. The first-order valence-electron chi connectivity index (χ1n) is 7.59. The second kappa shape index (κ2) is 5.58. The maximum absolute atomic E-state index is 11.7. The number of hydrogen-bond donors (Lipinski definition) is 0. The minimum atomic E-state index is -0.418. The molecule has 0 spiro atoms. The largest absolute Gasteiger partial charge is 0.494 e. The molecule has 4 heteroatoms. The van der Waals surface area contributed by atoms with Crippen LogP contribution in [0.25, 0.3) is 0 Å². The normalized spacial score (nSPS) is 27.7. The summed E-state index contributed by atoms with van der Waals surface area (Å²) in [6.07, 6.45) is 8.91. The van der Waals surface area contributed by atoms with E-state index in [4.69, 9.17) is 9.31 Å². The Bertz CT molecular complexity index is 510. The molecule has 0 aromatic carbocycles. The van der Waals surface area contributed by atoms with Gasteiger partial charge in [-0.15, -0.1) is 0 Å². The van der Waals surface area contributed by atoms with Gasteiger partial charge in [0, 0.05) is 5.57 Å². The summed E-state index contributed by atoms with van der Waals surface area (Å²) < 4.78 is 12.2. The van der Waals surface area contributed by atoms with Crippen LogP contribution in [0.15, 0.2) is 35.3 Å². The summed E-state index contributed by atoms with van der Waals surface area (Å²) in [5.41, 5.74) is 0.896. The Morgan fingerprint density at radius 3 is 2.33 bits per heavy atom. The first-order chi connectivity index (χ1) is 9.62. The quantitative estimate of drug-likeness (QED) is 0.727. The molecule has 0 bridgehead atoms. The van der Waals surface area contributed by atoms with Gasteiger partial charge in [0.25, 0.3) is 0 Å². The van der Waals surface area contributed by atoms with Crippen LogP contribution in [0, 0.1) is 5.92 Å². The van der Waals surface area contributed by atoms with Crippen molar-refractivity contribution in [3.8, 4) is 0 Å². The highest BCUT2D eigenvalue weighted by molar-refractivity contribution is 6.55. The highest BCUT2D eigenvalue weighted by Crippen LogP contribution is 2.39. The minimum Gasteiger partial charge on any atom is -0.399 e. The Hall–Kier alpha value is -1.13. The van der Waals surface area contributed by atoms with Crippen molar-refractivity contribution >= 4 is 12.9 Å². The summed E-state index contributed by atoms with van der Waals surface area (Å²) in [4.78, 5) is 11.7. The van der Waals surface area contributed by atoms with Gasteiger partial charge in [-0.2, -0.15) is 0 Å². The third kappa shape index (κ3) is 3.38. The average molecular weight is 288 g/mol. The predicted octanol–water partition coefficient (Wildman–Crippen LogP) is 3.66. The van der Waals surface area contributed by atoms with Crippen LogP contribution in [-0.2, 0) is 14.1 Å². The number of Topliss-reactive ketones (excluding diaryl/α,β-unsaturated/α-hetero) is 1. The van der Waals surface area contributed by atoms with E-state index in [-0.39, 0.29) is 17.0 Å². The molecule has 1 atom stereocenters. The minimum absolute atomic E-state index is 0.0585. The van der Waals surface area contributed by atoms with Crippen LogP contribution in [0.1, 0.15) is 48.0 Å². The van der Waals surface area contributed by atoms with Crippen molar-refractivity contribution in [1.29, 1.82) is 0 Å². The summed E-state index contributed by atoms with van der Waals surface area (Å²) >= 11 is 0. The van der Waals surface area contributed by atoms with Gasteiger partial charge in [-0.1, -0.05) is 31.2 Å². The van der Waals surface area contributed by atoms with Gasteiger partial charge in [0.15, 0.2) is 5.78 Å². The lowest BCUT2D eigenvalue weighted by Gasteiger charge is -2.32. The van der Waals surface area contributed by atoms with E-state index in [1.165, 1.54) is 0 Å². The van der Waals surface area contributed by atoms with Gasteiger partial charge in [-0.25, -0.2) is 0 Å². The fraction of sp³-hybridized carbons (Fsp3) is 0.588. The molecular formula is C17H25BO3. The van der Waals surface area contributed by atoms with Gasteiger partial charge in [-0.05, 0) is 52.4 Å². The molecule has 1 aliphatic heterocycles. The molecule has 0 radical (unpaired) electrons. The monoisotopic (exact) mass is 288 g/mol. The van der Waals surface area contributed by atoms with Gasteiger partial charge < -0.3 is 9.31 Å². The molecular weight excluding hydrogens is 263 g/mol. The number of hydrogen-bond acceptors (Lipinski definition) is 3. The number of allylic oxidation sites excluding steroid dienone is 6. The van der Waals surface area contributed by atoms with Crippen molar-refractivity contribution in [2.24, 2.45) is 5.92 Å². The summed E-state index contributed by atoms with van der Waals surface area (Å²) in [7, 11) is -0.418. The molecule has 1 heterocycles. The van der Waals surface area contributed by atoms with E-state index in [1.807, 2.05) is 39.8 Å². The van der Waals surface area contributed by atoms with Crippen LogP contribution in [-0.4, -0.2) is 24.1 Å². The Labute approximate surface area is 128 Å². The molecule has 3 nitrogen and oxygen atoms in total. The van der Waals surface area contributed by atoms with E-state index >= 15 is 0 Å². The van der Waals surface area contributed by atoms with Crippen LogP contribution in [0.4, 0.5) is 0 Å². The van der Waals surface area contributed by atoms with Crippen molar-refractivity contribution in [2.45, 2.75) is 59.2 Å². The zero-order chi connectivity index (χ0) is 15.8. The second-order valence-electron chi connectivity index (χ2n) is 7.03. The summed E-state index contributed by atoms with van der Waals surface area (Å²) in [6, 6.07) is 0. The molecule has 2 rings (SSSR count). The average Bonchev–Trinajstić information content (AvgIpc) is 2.52. The van der Waals surface area contributed by atoms with Crippen LogP contribution >= 0.6 is 0 Å². The van der Waals surface area contributed by atoms with Crippen molar-refractivity contribution in [3.05, 3.63) is 35.3 Å². The molecule has 2 aliphatic rings. The molecule has 0 aromatic rings. The van der Waals surface area contributed by atoms with Gasteiger partial charge in [0.1, 0.15) is 0 Å². The molecule has 21 heavy (non-hydrogen) atoms. The van der Waals surface area contributed by atoms with E-state index in [9.17, 15) is 4.79 Å². The fourth-order valence-corrected chi connectivity index (χ4v) is 2.43. The summed E-state index contributed by atoms with van der Waals surface area (Å²) in [5, 5.41) is 0. The van der Waals surface area contributed by atoms with Crippen molar-refractivity contribution in [2.75, 3.05) is 0 Å². The summed E-state index contributed by atoms with van der Waals surface area (Å²) in [6.45, 7) is 11.9. The molecule has 0 aromatic heterocycles. The summed E-state index contributed by atoms with van der Waals surface area (Å²) in [5.74, 6) is 0.447. The van der Waals surface area contributed by atoms with Gasteiger partial charge >= 0.3 is 7.12 Å². The number of ketones is 1. The molecule has 1 fully saturated rings. The number of rotatable bonds is 2. The third-order valence-corrected chi connectivity index (χ3v) is 4.54. The van der Waals surface area contributed by atoms with E-state index in [1.54, 1.807) is 6.92 Å². The molecule has 1 saturated heterocycles. The van der Waals surface area contributed by atoms with Crippen molar-refractivity contribution in [3.63, 3.8) is 0 Å². The van der Waals surface area contributed by atoms with E-state index in [0.29, 0.717) is 11.5 Å². The lowest BCUT2D eigenvalue weighted by atomic mass is 9.74. The first-order valence-corrected chi connectivity index (χ1v) is 7.59.